The molecule has 1 fully saturated rings. The van der Waals surface area contributed by atoms with Crippen molar-refractivity contribution < 1.29 is 9.53 Å². The second-order valence-corrected chi connectivity index (χ2v) is 6.87. The fourth-order valence-corrected chi connectivity index (χ4v) is 2.54. The molecule has 0 aromatic rings. The number of rotatable bonds is 5. The first-order valence-corrected chi connectivity index (χ1v) is 7.67. The van der Waals surface area contributed by atoms with Crippen molar-refractivity contribution in [1.82, 2.24) is 15.5 Å². The summed E-state index contributed by atoms with van der Waals surface area (Å²) in [4.78, 5) is 13.8. The number of carbonyl (C=O) groups excluding carboxylic acids is 1. The van der Waals surface area contributed by atoms with Gasteiger partial charge in [0.05, 0.1) is 0 Å². The Labute approximate surface area is 123 Å². The van der Waals surface area contributed by atoms with Crippen LogP contribution in [-0.4, -0.2) is 55.9 Å². The van der Waals surface area contributed by atoms with Crippen LogP contribution in [0.5, 0.6) is 0 Å². The molecule has 118 valence electrons. The molecule has 5 heteroatoms. The minimum absolute atomic E-state index is 0.329. The summed E-state index contributed by atoms with van der Waals surface area (Å²) >= 11 is 0. The number of ether oxygens (including phenoxy) is 1. The van der Waals surface area contributed by atoms with Crippen LogP contribution in [0.3, 0.4) is 0 Å². The van der Waals surface area contributed by atoms with Gasteiger partial charge in [0.1, 0.15) is 5.60 Å². The third-order valence-electron chi connectivity index (χ3n) is 3.54. The Morgan fingerprint density at radius 2 is 2.05 bits per heavy atom. The summed E-state index contributed by atoms with van der Waals surface area (Å²) in [5, 5.41) is 6.38. The quantitative estimate of drug-likeness (QED) is 0.757. The highest BCUT2D eigenvalue weighted by Crippen LogP contribution is 2.15. The van der Waals surface area contributed by atoms with Crippen LogP contribution in [0.25, 0.3) is 0 Å². The number of nitrogens with zero attached hydrogens (tertiary/aromatic N) is 1. The Morgan fingerprint density at radius 3 is 2.65 bits per heavy atom. The molecular weight excluding hydrogens is 254 g/mol. The SMILES string of the molecule is CC1CN(C)CCC1NCCCNC(=O)OC(C)(C)C. The van der Waals surface area contributed by atoms with Crippen LogP contribution in [0.1, 0.15) is 40.5 Å². The van der Waals surface area contributed by atoms with Crippen LogP contribution in [0.2, 0.25) is 0 Å². The van der Waals surface area contributed by atoms with Gasteiger partial charge >= 0.3 is 6.09 Å². The smallest absolute Gasteiger partial charge is 0.407 e. The van der Waals surface area contributed by atoms with E-state index in [1.807, 2.05) is 20.8 Å². The summed E-state index contributed by atoms with van der Waals surface area (Å²) in [6, 6.07) is 0.604. The second-order valence-electron chi connectivity index (χ2n) is 6.87. The highest BCUT2D eigenvalue weighted by atomic mass is 16.6. The van der Waals surface area contributed by atoms with Crippen molar-refractivity contribution in [2.75, 3.05) is 33.2 Å². The predicted molar refractivity (Wildman–Crippen MR) is 81.9 cm³/mol. The van der Waals surface area contributed by atoms with E-state index in [0.29, 0.717) is 18.5 Å². The lowest BCUT2D eigenvalue weighted by Gasteiger charge is -2.35. The number of likely N-dealkylation sites (tertiary alicyclic amines) is 1. The molecule has 2 N–H and O–H groups in total. The minimum atomic E-state index is -0.425. The van der Waals surface area contributed by atoms with Crippen molar-refractivity contribution in [3.8, 4) is 0 Å². The summed E-state index contributed by atoms with van der Waals surface area (Å²) in [7, 11) is 2.18. The number of piperidine rings is 1. The number of alkyl carbamates (subject to hydrolysis) is 1. The topological polar surface area (TPSA) is 53.6 Å². The first kappa shape index (κ1) is 17.2. The van der Waals surface area contributed by atoms with Gasteiger partial charge < -0.3 is 20.3 Å². The lowest BCUT2D eigenvalue weighted by atomic mass is 9.94. The van der Waals surface area contributed by atoms with Gasteiger partial charge in [-0.3, -0.25) is 0 Å². The molecule has 0 aromatic carbocycles. The number of carbonyl (C=O) groups is 1. The summed E-state index contributed by atoms with van der Waals surface area (Å²) in [6.07, 6.45) is 1.81. The molecule has 2 atom stereocenters. The van der Waals surface area contributed by atoms with E-state index in [1.165, 1.54) is 6.42 Å². The van der Waals surface area contributed by atoms with Gasteiger partial charge in [0.15, 0.2) is 0 Å². The highest BCUT2D eigenvalue weighted by Gasteiger charge is 2.23. The maximum atomic E-state index is 11.5. The molecule has 1 saturated heterocycles. The first-order chi connectivity index (χ1) is 9.28. The van der Waals surface area contributed by atoms with Crippen LogP contribution >= 0.6 is 0 Å². The number of hydrogen-bond donors (Lipinski definition) is 2. The Kier molecular flexibility index (Phi) is 6.76. The molecule has 20 heavy (non-hydrogen) atoms. The highest BCUT2D eigenvalue weighted by molar-refractivity contribution is 5.67. The van der Waals surface area contributed by atoms with E-state index in [2.05, 4.69) is 29.5 Å². The van der Waals surface area contributed by atoms with Crippen molar-refractivity contribution in [2.24, 2.45) is 5.92 Å². The predicted octanol–water partition coefficient (Wildman–Crippen LogP) is 1.83. The fourth-order valence-electron chi connectivity index (χ4n) is 2.54. The van der Waals surface area contributed by atoms with Gasteiger partial charge in [0.25, 0.3) is 0 Å². The van der Waals surface area contributed by atoms with Gasteiger partial charge in [0, 0.05) is 19.1 Å². The molecule has 1 aliphatic heterocycles. The van der Waals surface area contributed by atoms with E-state index < -0.39 is 5.60 Å². The molecule has 0 bridgehead atoms. The summed E-state index contributed by atoms with van der Waals surface area (Å²) in [5.41, 5.74) is -0.425. The molecule has 0 radical (unpaired) electrons. The number of amides is 1. The molecule has 0 aliphatic carbocycles. The normalized spacial score (nSPS) is 24.4. The molecule has 2 unspecified atom stereocenters. The van der Waals surface area contributed by atoms with Gasteiger partial charge in [-0.2, -0.15) is 0 Å². The molecule has 1 rings (SSSR count). The first-order valence-electron chi connectivity index (χ1n) is 7.67. The van der Waals surface area contributed by atoms with E-state index in [4.69, 9.17) is 4.74 Å². The average molecular weight is 285 g/mol. The van der Waals surface area contributed by atoms with Crippen molar-refractivity contribution >= 4 is 6.09 Å². The second kappa shape index (κ2) is 7.84. The molecule has 1 aliphatic rings. The van der Waals surface area contributed by atoms with Gasteiger partial charge in [-0.25, -0.2) is 4.79 Å². The Morgan fingerprint density at radius 1 is 1.35 bits per heavy atom. The van der Waals surface area contributed by atoms with Crippen LogP contribution < -0.4 is 10.6 Å². The summed E-state index contributed by atoms with van der Waals surface area (Å²) in [6.45, 7) is 11.8. The Bertz CT molecular complexity index is 302. The third kappa shape index (κ3) is 7.10. The zero-order valence-electron chi connectivity index (χ0n) is 13.7. The lowest BCUT2D eigenvalue weighted by Crippen LogP contribution is -2.47. The van der Waals surface area contributed by atoms with E-state index in [0.717, 1.165) is 26.1 Å². The number of hydrogen-bond acceptors (Lipinski definition) is 4. The van der Waals surface area contributed by atoms with Crippen LogP contribution in [0.15, 0.2) is 0 Å². The van der Waals surface area contributed by atoms with Crippen molar-refractivity contribution in [2.45, 2.75) is 52.2 Å². The largest absolute Gasteiger partial charge is 0.444 e. The van der Waals surface area contributed by atoms with Crippen molar-refractivity contribution in [3.63, 3.8) is 0 Å². The third-order valence-corrected chi connectivity index (χ3v) is 3.54. The molecule has 0 aromatic heterocycles. The summed E-state index contributed by atoms with van der Waals surface area (Å²) in [5.74, 6) is 0.688. The molecular formula is C15H31N3O2. The molecule has 1 heterocycles. The number of nitrogens with one attached hydrogen (secondary N) is 2. The zero-order chi connectivity index (χ0) is 15.2. The van der Waals surface area contributed by atoms with E-state index in [9.17, 15) is 4.79 Å². The van der Waals surface area contributed by atoms with Crippen molar-refractivity contribution in [1.29, 1.82) is 0 Å². The van der Waals surface area contributed by atoms with Crippen LogP contribution in [0.4, 0.5) is 4.79 Å². The maximum Gasteiger partial charge on any atom is 0.407 e. The minimum Gasteiger partial charge on any atom is -0.444 e. The zero-order valence-corrected chi connectivity index (χ0v) is 13.7. The summed E-state index contributed by atoms with van der Waals surface area (Å²) < 4.78 is 5.19. The standard InChI is InChI=1S/C15H31N3O2/c1-12-11-18(5)10-7-13(12)16-8-6-9-17-14(19)20-15(2,3)4/h12-13,16H,6-11H2,1-5H3,(H,17,19). The Balaban J connectivity index is 2.06. The van der Waals surface area contributed by atoms with Gasteiger partial charge in [0.2, 0.25) is 0 Å². The van der Waals surface area contributed by atoms with Gasteiger partial charge in [-0.1, -0.05) is 6.92 Å². The fraction of sp³-hybridized carbons (Fsp3) is 0.933. The molecule has 0 saturated carbocycles. The van der Waals surface area contributed by atoms with Crippen molar-refractivity contribution in [3.05, 3.63) is 0 Å². The van der Waals surface area contributed by atoms with Crippen LogP contribution in [0, 0.1) is 5.92 Å². The Hall–Kier alpha value is -0.810. The van der Waals surface area contributed by atoms with Gasteiger partial charge in [-0.05, 0) is 59.7 Å². The molecule has 5 nitrogen and oxygen atoms in total. The maximum absolute atomic E-state index is 11.5. The van der Waals surface area contributed by atoms with E-state index in [1.54, 1.807) is 0 Å². The monoisotopic (exact) mass is 285 g/mol. The van der Waals surface area contributed by atoms with Gasteiger partial charge in [-0.15, -0.1) is 0 Å². The van der Waals surface area contributed by atoms with Crippen LogP contribution in [-0.2, 0) is 4.74 Å². The molecule has 1 amide bonds. The average Bonchev–Trinajstić information content (AvgIpc) is 2.28. The van der Waals surface area contributed by atoms with E-state index >= 15 is 0 Å². The van der Waals surface area contributed by atoms with E-state index in [-0.39, 0.29) is 6.09 Å². The molecule has 0 spiro atoms. The lowest BCUT2D eigenvalue weighted by molar-refractivity contribution is 0.0527.